The number of thioether (sulfide) groups is 1. The monoisotopic (exact) mass is 413 g/mol. The van der Waals surface area contributed by atoms with Crippen LogP contribution in [0.1, 0.15) is 18.9 Å². The van der Waals surface area contributed by atoms with E-state index in [0.29, 0.717) is 48.4 Å². The van der Waals surface area contributed by atoms with Crippen molar-refractivity contribution in [1.29, 1.82) is 0 Å². The van der Waals surface area contributed by atoms with Gasteiger partial charge in [-0.2, -0.15) is 0 Å². The first-order valence-corrected chi connectivity index (χ1v) is 10.7. The molecule has 0 aliphatic carbocycles. The van der Waals surface area contributed by atoms with E-state index in [-0.39, 0.29) is 6.54 Å². The fourth-order valence-corrected chi connectivity index (χ4v) is 3.97. The molecule has 2 aromatic heterocycles. The predicted octanol–water partition coefficient (Wildman–Crippen LogP) is 1.87. The molecule has 0 radical (unpaired) electrons. The van der Waals surface area contributed by atoms with Gasteiger partial charge >= 0.3 is 11.1 Å². The van der Waals surface area contributed by atoms with Gasteiger partial charge in [-0.3, -0.25) is 14.2 Å². The highest BCUT2D eigenvalue weighted by molar-refractivity contribution is 7.99. The Balaban J connectivity index is 1.92. The lowest BCUT2D eigenvalue weighted by Gasteiger charge is -2.28. The van der Waals surface area contributed by atoms with Gasteiger partial charge in [-0.1, -0.05) is 49.0 Å². The minimum Gasteiger partial charge on any atom is -0.378 e. The summed E-state index contributed by atoms with van der Waals surface area (Å²) in [6.45, 7) is 4.90. The van der Waals surface area contributed by atoms with E-state index in [1.165, 1.54) is 4.57 Å². The van der Waals surface area contributed by atoms with Crippen LogP contribution in [-0.2, 0) is 11.3 Å². The van der Waals surface area contributed by atoms with E-state index in [2.05, 4.69) is 21.8 Å². The number of benzene rings is 1. The van der Waals surface area contributed by atoms with Crippen molar-refractivity contribution >= 4 is 28.7 Å². The highest BCUT2D eigenvalue weighted by Gasteiger charge is 2.21. The van der Waals surface area contributed by atoms with Crippen molar-refractivity contribution in [3.05, 3.63) is 56.6 Å². The van der Waals surface area contributed by atoms with Crippen LogP contribution in [0.25, 0.3) is 11.2 Å². The zero-order valence-corrected chi connectivity index (χ0v) is 17.1. The standard InChI is InChI=1S/C20H23N5O3S/c1-2-12-29-20-22-16(24-8-10-28-11-9-24)15-17(23-20)25(19(27)18(26)21-15)13-14-6-4-3-5-7-14/h3-7H,2,8-13H2,1H3,(H,21,26). The van der Waals surface area contributed by atoms with Crippen LogP contribution in [0.15, 0.2) is 45.1 Å². The molecule has 3 heterocycles. The van der Waals surface area contributed by atoms with Gasteiger partial charge in [0.15, 0.2) is 16.6 Å². The lowest BCUT2D eigenvalue weighted by Crippen LogP contribution is -2.40. The Morgan fingerprint density at radius 2 is 1.90 bits per heavy atom. The average molecular weight is 414 g/mol. The number of aromatic nitrogens is 4. The van der Waals surface area contributed by atoms with Crippen molar-refractivity contribution in [2.24, 2.45) is 0 Å². The number of fused-ring (bicyclic) bond motifs is 1. The zero-order valence-electron chi connectivity index (χ0n) is 16.3. The number of rotatable bonds is 6. The first-order valence-electron chi connectivity index (χ1n) is 9.71. The molecule has 8 nitrogen and oxygen atoms in total. The van der Waals surface area contributed by atoms with Crippen LogP contribution >= 0.6 is 11.8 Å². The second-order valence-corrected chi connectivity index (χ2v) is 7.87. The number of aromatic amines is 1. The summed E-state index contributed by atoms with van der Waals surface area (Å²) in [5.41, 5.74) is 0.595. The number of morpholine rings is 1. The van der Waals surface area contributed by atoms with Crippen LogP contribution in [0.2, 0.25) is 0 Å². The summed E-state index contributed by atoms with van der Waals surface area (Å²) in [5.74, 6) is 1.52. The zero-order chi connectivity index (χ0) is 20.2. The molecule has 0 bridgehead atoms. The number of H-pyrrole nitrogens is 1. The molecule has 1 aliphatic rings. The minimum absolute atomic E-state index is 0.275. The van der Waals surface area contributed by atoms with Gasteiger partial charge in [0.2, 0.25) is 0 Å². The van der Waals surface area contributed by atoms with Crippen molar-refractivity contribution in [2.75, 3.05) is 37.0 Å². The van der Waals surface area contributed by atoms with Crippen LogP contribution in [0.3, 0.4) is 0 Å². The number of hydrogen-bond acceptors (Lipinski definition) is 7. The molecule has 0 spiro atoms. The maximum atomic E-state index is 12.7. The number of ether oxygens (including phenoxy) is 1. The molecule has 152 valence electrons. The molecule has 1 fully saturated rings. The molecule has 1 saturated heterocycles. The van der Waals surface area contributed by atoms with E-state index in [0.717, 1.165) is 17.7 Å². The van der Waals surface area contributed by atoms with Crippen LogP contribution in [0.4, 0.5) is 5.82 Å². The van der Waals surface area contributed by atoms with Crippen LogP contribution in [0, 0.1) is 0 Å². The Kier molecular flexibility index (Phi) is 5.96. The summed E-state index contributed by atoms with van der Waals surface area (Å²) in [6.07, 6.45) is 0.987. The summed E-state index contributed by atoms with van der Waals surface area (Å²) in [7, 11) is 0. The molecule has 0 saturated carbocycles. The lowest BCUT2D eigenvalue weighted by molar-refractivity contribution is 0.122. The average Bonchev–Trinajstić information content (AvgIpc) is 2.76. The molecule has 3 aromatic rings. The van der Waals surface area contributed by atoms with Crippen molar-refractivity contribution in [2.45, 2.75) is 25.0 Å². The fourth-order valence-electron chi connectivity index (χ4n) is 3.29. The second-order valence-electron chi connectivity index (χ2n) is 6.81. The van der Waals surface area contributed by atoms with Crippen LogP contribution in [-0.4, -0.2) is 51.6 Å². The molecular formula is C20H23N5O3S. The molecule has 0 unspecified atom stereocenters. The highest BCUT2D eigenvalue weighted by atomic mass is 32.2. The molecule has 1 aliphatic heterocycles. The number of anilines is 1. The summed E-state index contributed by atoms with van der Waals surface area (Å²) < 4.78 is 6.91. The summed E-state index contributed by atoms with van der Waals surface area (Å²) in [4.78, 5) is 39.3. The third-order valence-corrected chi connectivity index (χ3v) is 5.77. The Morgan fingerprint density at radius 1 is 1.14 bits per heavy atom. The Labute approximate surface area is 171 Å². The summed E-state index contributed by atoms with van der Waals surface area (Å²) in [5, 5.41) is 0.606. The molecule has 29 heavy (non-hydrogen) atoms. The van der Waals surface area contributed by atoms with Gasteiger partial charge in [0, 0.05) is 18.8 Å². The van der Waals surface area contributed by atoms with Gasteiger partial charge in [0.05, 0.1) is 19.8 Å². The summed E-state index contributed by atoms with van der Waals surface area (Å²) >= 11 is 1.55. The topological polar surface area (TPSA) is 93.1 Å². The van der Waals surface area contributed by atoms with Gasteiger partial charge in [0.1, 0.15) is 5.52 Å². The van der Waals surface area contributed by atoms with E-state index in [1.54, 1.807) is 11.8 Å². The van der Waals surface area contributed by atoms with E-state index in [1.807, 2.05) is 30.3 Å². The van der Waals surface area contributed by atoms with Gasteiger partial charge in [-0.25, -0.2) is 9.97 Å². The quantitative estimate of drug-likeness (QED) is 0.375. The van der Waals surface area contributed by atoms with Gasteiger partial charge in [0.25, 0.3) is 0 Å². The minimum atomic E-state index is -0.666. The molecule has 9 heteroatoms. The Morgan fingerprint density at radius 3 is 2.62 bits per heavy atom. The first kappa shape index (κ1) is 19.7. The predicted molar refractivity (Wildman–Crippen MR) is 114 cm³/mol. The molecule has 1 aromatic carbocycles. The van der Waals surface area contributed by atoms with E-state index >= 15 is 0 Å². The Hall–Kier alpha value is -2.65. The maximum Gasteiger partial charge on any atom is 0.318 e. The smallest absolute Gasteiger partial charge is 0.318 e. The highest BCUT2D eigenvalue weighted by Crippen LogP contribution is 2.26. The number of nitrogens with zero attached hydrogens (tertiary/aromatic N) is 4. The van der Waals surface area contributed by atoms with E-state index in [9.17, 15) is 9.59 Å². The van der Waals surface area contributed by atoms with E-state index < -0.39 is 11.1 Å². The largest absolute Gasteiger partial charge is 0.378 e. The molecule has 0 atom stereocenters. The SMILES string of the molecule is CCCSc1nc(N2CCOCC2)c2[nH]c(=O)c(=O)n(Cc3ccccc3)c2n1. The number of hydrogen-bond donors (Lipinski definition) is 1. The van der Waals surface area contributed by atoms with Crippen molar-refractivity contribution < 1.29 is 4.74 Å². The van der Waals surface area contributed by atoms with Crippen LogP contribution < -0.4 is 16.0 Å². The molecule has 4 rings (SSSR count). The van der Waals surface area contributed by atoms with Gasteiger partial charge in [-0.05, 0) is 12.0 Å². The van der Waals surface area contributed by atoms with Crippen molar-refractivity contribution in [1.82, 2.24) is 19.5 Å². The summed E-state index contributed by atoms with van der Waals surface area (Å²) in [6, 6.07) is 9.59. The van der Waals surface area contributed by atoms with Crippen molar-refractivity contribution in [3.63, 3.8) is 0 Å². The molecule has 0 amide bonds. The maximum absolute atomic E-state index is 12.7. The third-order valence-electron chi connectivity index (χ3n) is 4.71. The van der Waals surface area contributed by atoms with E-state index in [4.69, 9.17) is 9.72 Å². The Bertz CT molecular complexity index is 1110. The van der Waals surface area contributed by atoms with Crippen molar-refractivity contribution in [3.8, 4) is 0 Å². The third kappa shape index (κ3) is 4.20. The van der Waals surface area contributed by atoms with Gasteiger partial charge in [-0.15, -0.1) is 0 Å². The molecule has 1 N–H and O–H groups in total. The van der Waals surface area contributed by atoms with Gasteiger partial charge < -0.3 is 14.6 Å². The first-order chi connectivity index (χ1) is 14.2. The van der Waals surface area contributed by atoms with Crippen LogP contribution in [0.5, 0.6) is 0 Å². The normalized spacial score (nSPS) is 14.4. The molecular weight excluding hydrogens is 390 g/mol. The lowest BCUT2D eigenvalue weighted by atomic mass is 10.2. The number of nitrogens with one attached hydrogen (secondary N) is 1. The fraction of sp³-hybridized carbons (Fsp3) is 0.400. The second kappa shape index (κ2) is 8.79.